The number of nitrogens with two attached hydrogens (primary N) is 1. The van der Waals surface area contributed by atoms with Crippen molar-refractivity contribution in [2.24, 2.45) is 11.7 Å². The predicted molar refractivity (Wildman–Crippen MR) is 61.6 cm³/mol. The van der Waals surface area contributed by atoms with Gasteiger partial charge in [-0.05, 0) is 25.2 Å². The van der Waals surface area contributed by atoms with Crippen LogP contribution in [0.5, 0.6) is 0 Å². The van der Waals surface area contributed by atoms with Gasteiger partial charge in [0.25, 0.3) is 0 Å². The normalized spacial score (nSPS) is 44.2. The highest BCUT2D eigenvalue weighted by molar-refractivity contribution is 4.89. The molecule has 4 atom stereocenters. The van der Waals surface area contributed by atoms with Crippen molar-refractivity contribution in [3.63, 3.8) is 0 Å². The van der Waals surface area contributed by atoms with Gasteiger partial charge in [-0.3, -0.25) is 4.90 Å². The molecule has 1 aliphatic carbocycles. The number of aliphatic hydroxyl groups excluding tert-OH is 1. The maximum atomic E-state index is 9.70. The molecule has 0 aromatic heterocycles. The molecule has 88 valence electrons. The highest BCUT2D eigenvalue weighted by Crippen LogP contribution is 2.26. The summed E-state index contributed by atoms with van der Waals surface area (Å²) in [6, 6.07) is 0.940. The summed E-state index contributed by atoms with van der Waals surface area (Å²) in [4.78, 5) is 2.52. The first kappa shape index (κ1) is 11.4. The summed E-state index contributed by atoms with van der Waals surface area (Å²) in [7, 11) is 0. The largest absolute Gasteiger partial charge is 0.393 e. The molecule has 2 fully saturated rings. The zero-order valence-electron chi connectivity index (χ0n) is 9.73. The predicted octanol–water partition coefficient (Wildman–Crippen LogP) is 0.959. The molecule has 0 aromatic rings. The van der Waals surface area contributed by atoms with E-state index < -0.39 is 0 Å². The molecule has 2 aliphatic rings. The van der Waals surface area contributed by atoms with Gasteiger partial charge in [0.15, 0.2) is 0 Å². The van der Waals surface area contributed by atoms with Crippen LogP contribution in [0.15, 0.2) is 0 Å². The molecule has 0 aromatic carbocycles. The van der Waals surface area contributed by atoms with Crippen molar-refractivity contribution in [3.05, 3.63) is 0 Å². The van der Waals surface area contributed by atoms with Gasteiger partial charge in [0.2, 0.25) is 0 Å². The topological polar surface area (TPSA) is 49.5 Å². The van der Waals surface area contributed by atoms with Crippen LogP contribution in [-0.2, 0) is 0 Å². The van der Waals surface area contributed by atoms with E-state index in [2.05, 4.69) is 11.8 Å². The summed E-state index contributed by atoms with van der Waals surface area (Å²) < 4.78 is 0. The minimum Gasteiger partial charge on any atom is -0.393 e. The van der Waals surface area contributed by atoms with Crippen molar-refractivity contribution in [1.82, 2.24) is 4.90 Å². The van der Waals surface area contributed by atoms with Gasteiger partial charge < -0.3 is 10.8 Å². The fraction of sp³-hybridized carbons (Fsp3) is 1.00. The number of rotatable bonds is 1. The molecule has 15 heavy (non-hydrogen) atoms. The Morgan fingerprint density at radius 1 is 1.20 bits per heavy atom. The fourth-order valence-electron chi connectivity index (χ4n) is 3.06. The summed E-state index contributed by atoms with van der Waals surface area (Å²) in [6.45, 7) is 4.20. The van der Waals surface area contributed by atoms with Gasteiger partial charge in [-0.2, -0.15) is 0 Å². The minimum absolute atomic E-state index is 0.0962. The molecule has 1 aliphatic heterocycles. The van der Waals surface area contributed by atoms with E-state index in [4.69, 9.17) is 5.73 Å². The van der Waals surface area contributed by atoms with E-state index in [0.717, 1.165) is 19.5 Å². The van der Waals surface area contributed by atoms with Gasteiger partial charge in [-0.25, -0.2) is 0 Å². The first-order valence-electron chi connectivity index (χ1n) is 6.36. The first-order valence-corrected chi connectivity index (χ1v) is 6.36. The summed E-state index contributed by atoms with van der Waals surface area (Å²) in [6.07, 6.45) is 5.88. The van der Waals surface area contributed by atoms with E-state index in [0.29, 0.717) is 18.0 Å². The highest BCUT2D eigenvalue weighted by atomic mass is 16.3. The SMILES string of the molecule is CC1CN(C2CCCCC2N)CCC1O. The van der Waals surface area contributed by atoms with Crippen LogP contribution in [0, 0.1) is 5.92 Å². The second-order valence-electron chi connectivity index (χ2n) is 5.34. The van der Waals surface area contributed by atoms with E-state index in [1.54, 1.807) is 0 Å². The molecule has 1 heterocycles. The van der Waals surface area contributed by atoms with E-state index in [1.807, 2.05) is 0 Å². The third-order valence-corrected chi connectivity index (χ3v) is 4.14. The summed E-state index contributed by atoms with van der Waals surface area (Å²) >= 11 is 0. The van der Waals surface area contributed by atoms with E-state index in [-0.39, 0.29) is 6.10 Å². The third-order valence-electron chi connectivity index (χ3n) is 4.14. The standard InChI is InChI=1S/C12H24N2O/c1-9-8-14(7-6-12(9)15)11-5-3-2-4-10(11)13/h9-12,15H,2-8,13H2,1H3. The van der Waals surface area contributed by atoms with Crippen molar-refractivity contribution in [2.75, 3.05) is 13.1 Å². The summed E-state index contributed by atoms with van der Waals surface area (Å²) in [5, 5.41) is 9.70. The summed E-state index contributed by atoms with van der Waals surface area (Å²) in [5.41, 5.74) is 6.19. The van der Waals surface area contributed by atoms with Crippen molar-refractivity contribution < 1.29 is 5.11 Å². The van der Waals surface area contributed by atoms with Crippen LogP contribution in [0.1, 0.15) is 39.0 Å². The molecule has 4 unspecified atom stereocenters. The zero-order chi connectivity index (χ0) is 10.8. The maximum absolute atomic E-state index is 9.70. The van der Waals surface area contributed by atoms with Crippen LogP contribution in [0.25, 0.3) is 0 Å². The lowest BCUT2D eigenvalue weighted by Gasteiger charge is -2.43. The van der Waals surface area contributed by atoms with E-state index >= 15 is 0 Å². The molecule has 3 heteroatoms. The van der Waals surface area contributed by atoms with Gasteiger partial charge in [0.05, 0.1) is 6.10 Å². The molecule has 0 radical (unpaired) electrons. The second-order valence-corrected chi connectivity index (χ2v) is 5.34. The molecular weight excluding hydrogens is 188 g/mol. The van der Waals surface area contributed by atoms with Crippen LogP contribution in [0.4, 0.5) is 0 Å². The van der Waals surface area contributed by atoms with E-state index in [9.17, 15) is 5.11 Å². The Balaban J connectivity index is 1.92. The molecule has 0 amide bonds. The molecule has 3 N–H and O–H groups in total. The highest BCUT2D eigenvalue weighted by Gasteiger charge is 2.32. The molecule has 2 rings (SSSR count). The van der Waals surface area contributed by atoms with Crippen LogP contribution < -0.4 is 5.73 Å². The Labute approximate surface area is 92.6 Å². The number of hydrogen-bond acceptors (Lipinski definition) is 3. The number of piperidine rings is 1. The molecule has 0 bridgehead atoms. The van der Waals surface area contributed by atoms with Crippen LogP contribution in [-0.4, -0.2) is 41.3 Å². The van der Waals surface area contributed by atoms with Gasteiger partial charge in [0.1, 0.15) is 0 Å². The molecule has 1 saturated carbocycles. The van der Waals surface area contributed by atoms with Crippen molar-refractivity contribution in [3.8, 4) is 0 Å². The Morgan fingerprint density at radius 2 is 1.93 bits per heavy atom. The van der Waals surface area contributed by atoms with Gasteiger partial charge >= 0.3 is 0 Å². The average Bonchev–Trinajstić information content (AvgIpc) is 2.23. The van der Waals surface area contributed by atoms with Crippen LogP contribution in [0.3, 0.4) is 0 Å². The van der Waals surface area contributed by atoms with Gasteiger partial charge in [0, 0.05) is 25.2 Å². The Morgan fingerprint density at radius 3 is 2.60 bits per heavy atom. The van der Waals surface area contributed by atoms with Crippen molar-refractivity contribution in [1.29, 1.82) is 0 Å². The number of nitrogens with zero attached hydrogens (tertiary/aromatic N) is 1. The minimum atomic E-state index is -0.0962. The van der Waals surface area contributed by atoms with Gasteiger partial charge in [-0.1, -0.05) is 19.8 Å². The lowest BCUT2D eigenvalue weighted by molar-refractivity contribution is 0.00546. The fourth-order valence-corrected chi connectivity index (χ4v) is 3.06. The zero-order valence-corrected chi connectivity index (χ0v) is 9.73. The first-order chi connectivity index (χ1) is 7.18. The van der Waals surface area contributed by atoms with Crippen molar-refractivity contribution >= 4 is 0 Å². The average molecular weight is 212 g/mol. The number of likely N-dealkylation sites (tertiary alicyclic amines) is 1. The Bertz CT molecular complexity index is 210. The Kier molecular flexibility index (Phi) is 3.65. The maximum Gasteiger partial charge on any atom is 0.0590 e. The molecule has 3 nitrogen and oxygen atoms in total. The van der Waals surface area contributed by atoms with Crippen LogP contribution in [0.2, 0.25) is 0 Å². The van der Waals surface area contributed by atoms with E-state index in [1.165, 1.54) is 25.7 Å². The quantitative estimate of drug-likeness (QED) is 0.680. The monoisotopic (exact) mass is 212 g/mol. The Hall–Kier alpha value is -0.120. The van der Waals surface area contributed by atoms with Crippen LogP contribution >= 0.6 is 0 Å². The number of aliphatic hydroxyl groups is 1. The van der Waals surface area contributed by atoms with Gasteiger partial charge in [-0.15, -0.1) is 0 Å². The second kappa shape index (κ2) is 4.81. The smallest absolute Gasteiger partial charge is 0.0590 e. The lowest BCUT2D eigenvalue weighted by Crippen LogP contribution is -2.54. The summed E-state index contributed by atoms with van der Waals surface area (Å²) in [5.74, 6) is 0.410. The number of hydrogen-bond donors (Lipinski definition) is 2. The molecule has 1 saturated heterocycles. The van der Waals surface area contributed by atoms with Crippen molar-refractivity contribution in [2.45, 2.75) is 57.2 Å². The lowest BCUT2D eigenvalue weighted by atomic mass is 9.87. The third kappa shape index (κ3) is 2.52. The molecule has 0 spiro atoms. The molecular formula is C12H24N2O.